The maximum absolute atomic E-state index is 12.7. The van der Waals surface area contributed by atoms with Crippen LogP contribution in [-0.2, 0) is 9.53 Å². The van der Waals surface area contributed by atoms with E-state index < -0.39 is 30.2 Å². The summed E-state index contributed by atoms with van der Waals surface area (Å²) in [6, 6.07) is 16.6. The minimum atomic E-state index is -0.779. The van der Waals surface area contributed by atoms with Crippen molar-refractivity contribution in [3.8, 4) is 5.75 Å². The number of para-hydroxylation sites is 1. The minimum Gasteiger partial charge on any atom is -0.448 e. The second-order valence-corrected chi connectivity index (χ2v) is 6.40. The van der Waals surface area contributed by atoms with Crippen LogP contribution in [0.2, 0.25) is 0 Å². The second-order valence-electron chi connectivity index (χ2n) is 6.40. The van der Waals surface area contributed by atoms with Crippen LogP contribution >= 0.6 is 0 Å². The SMILES string of the molecule is O=C1OCCN1[C@@H]1C(=O)N(C(=O)Oc2ccccc2)[C@@H]1C=Cc1ccccc1. The molecule has 0 radical (unpaired) electrons. The molecule has 2 fully saturated rings. The van der Waals surface area contributed by atoms with Gasteiger partial charge in [0.05, 0.1) is 12.6 Å². The molecule has 7 nitrogen and oxygen atoms in total. The number of hydrogen-bond acceptors (Lipinski definition) is 5. The molecule has 0 aliphatic carbocycles. The number of β-lactam (4-membered cyclic amide) rings is 1. The molecule has 0 bridgehead atoms. The first-order chi connectivity index (χ1) is 13.6. The van der Waals surface area contributed by atoms with Gasteiger partial charge in [-0.05, 0) is 17.7 Å². The molecule has 2 aromatic carbocycles. The molecule has 2 aromatic rings. The van der Waals surface area contributed by atoms with Gasteiger partial charge in [0.1, 0.15) is 18.4 Å². The number of ether oxygens (including phenoxy) is 2. The summed E-state index contributed by atoms with van der Waals surface area (Å²) in [5, 5.41) is 0. The molecule has 28 heavy (non-hydrogen) atoms. The highest BCUT2D eigenvalue weighted by atomic mass is 16.6. The first-order valence-corrected chi connectivity index (χ1v) is 8.92. The lowest BCUT2D eigenvalue weighted by Crippen LogP contribution is -2.72. The number of amides is 3. The monoisotopic (exact) mass is 378 g/mol. The molecule has 2 aliphatic rings. The molecule has 2 atom stereocenters. The van der Waals surface area contributed by atoms with E-state index >= 15 is 0 Å². The van der Waals surface area contributed by atoms with Gasteiger partial charge in [0.2, 0.25) is 0 Å². The number of hydrogen-bond donors (Lipinski definition) is 0. The molecule has 142 valence electrons. The first-order valence-electron chi connectivity index (χ1n) is 8.92. The van der Waals surface area contributed by atoms with Crippen LogP contribution < -0.4 is 4.74 Å². The fraction of sp³-hybridized carbons (Fsp3) is 0.190. The molecule has 0 unspecified atom stereocenters. The fourth-order valence-electron chi connectivity index (χ4n) is 3.29. The van der Waals surface area contributed by atoms with Crippen molar-refractivity contribution in [1.82, 2.24) is 9.80 Å². The van der Waals surface area contributed by atoms with Gasteiger partial charge in [0, 0.05) is 0 Å². The quantitative estimate of drug-likeness (QED) is 0.765. The highest BCUT2D eigenvalue weighted by Crippen LogP contribution is 2.30. The molecule has 0 saturated carbocycles. The van der Waals surface area contributed by atoms with Crippen molar-refractivity contribution in [3.63, 3.8) is 0 Å². The Morgan fingerprint density at radius 1 is 1.04 bits per heavy atom. The Bertz CT molecular complexity index is 913. The molecule has 4 rings (SSSR count). The summed E-state index contributed by atoms with van der Waals surface area (Å²) >= 11 is 0. The van der Waals surface area contributed by atoms with Crippen molar-refractivity contribution in [2.75, 3.05) is 13.2 Å². The van der Waals surface area contributed by atoms with Gasteiger partial charge in [-0.25, -0.2) is 14.5 Å². The van der Waals surface area contributed by atoms with Gasteiger partial charge in [-0.15, -0.1) is 0 Å². The van der Waals surface area contributed by atoms with E-state index in [0.717, 1.165) is 10.5 Å². The lowest BCUT2D eigenvalue weighted by Gasteiger charge is -2.45. The molecule has 0 N–H and O–H groups in total. The Balaban J connectivity index is 1.57. The van der Waals surface area contributed by atoms with E-state index in [9.17, 15) is 14.4 Å². The molecule has 0 aromatic heterocycles. The van der Waals surface area contributed by atoms with E-state index in [1.807, 2.05) is 36.4 Å². The van der Waals surface area contributed by atoms with Crippen molar-refractivity contribution < 1.29 is 23.9 Å². The van der Waals surface area contributed by atoms with Crippen LogP contribution in [0.4, 0.5) is 9.59 Å². The van der Waals surface area contributed by atoms with Gasteiger partial charge in [0.15, 0.2) is 0 Å². The Kier molecular flexibility index (Phi) is 4.80. The van der Waals surface area contributed by atoms with Crippen LogP contribution in [-0.4, -0.2) is 53.1 Å². The van der Waals surface area contributed by atoms with E-state index in [1.54, 1.807) is 36.4 Å². The third kappa shape index (κ3) is 3.34. The van der Waals surface area contributed by atoms with Gasteiger partial charge >= 0.3 is 12.2 Å². The van der Waals surface area contributed by atoms with E-state index in [2.05, 4.69) is 0 Å². The van der Waals surface area contributed by atoms with Crippen molar-refractivity contribution in [2.45, 2.75) is 12.1 Å². The highest BCUT2D eigenvalue weighted by Gasteiger charge is 2.55. The summed E-state index contributed by atoms with van der Waals surface area (Å²) in [4.78, 5) is 39.6. The number of carbonyl (C=O) groups is 3. The Morgan fingerprint density at radius 3 is 2.36 bits per heavy atom. The van der Waals surface area contributed by atoms with Gasteiger partial charge < -0.3 is 9.47 Å². The number of likely N-dealkylation sites (tertiary alicyclic amines) is 1. The molecule has 2 heterocycles. The summed E-state index contributed by atoms with van der Waals surface area (Å²) in [6.07, 6.45) is 2.23. The standard InChI is InChI=1S/C21H18N2O5/c24-19-18(22-13-14-27-20(22)25)17(12-11-15-7-3-1-4-8-15)23(19)21(26)28-16-9-5-2-6-10-16/h1-12,17-18H,13-14H2/t17-,18+/m1/s1. The summed E-state index contributed by atoms with van der Waals surface area (Å²) < 4.78 is 10.3. The van der Waals surface area contributed by atoms with Crippen molar-refractivity contribution in [1.29, 1.82) is 0 Å². The number of imide groups is 1. The van der Waals surface area contributed by atoms with Gasteiger partial charge in [-0.2, -0.15) is 0 Å². The predicted octanol–water partition coefficient (Wildman–Crippen LogP) is 2.93. The lowest BCUT2D eigenvalue weighted by molar-refractivity contribution is -0.148. The van der Waals surface area contributed by atoms with E-state index in [1.165, 1.54) is 4.90 Å². The van der Waals surface area contributed by atoms with Crippen molar-refractivity contribution in [3.05, 3.63) is 72.3 Å². The lowest BCUT2D eigenvalue weighted by atomic mass is 9.93. The number of nitrogens with zero attached hydrogens (tertiary/aromatic N) is 2. The van der Waals surface area contributed by atoms with Crippen molar-refractivity contribution in [2.24, 2.45) is 0 Å². The van der Waals surface area contributed by atoms with Crippen LogP contribution in [0, 0.1) is 0 Å². The Hall–Kier alpha value is -3.61. The Morgan fingerprint density at radius 2 is 1.71 bits per heavy atom. The molecule has 2 saturated heterocycles. The van der Waals surface area contributed by atoms with Crippen molar-refractivity contribution >= 4 is 24.2 Å². The van der Waals surface area contributed by atoms with Gasteiger partial charge in [0.25, 0.3) is 5.91 Å². The fourth-order valence-corrected chi connectivity index (χ4v) is 3.29. The number of carbonyl (C=O) groups excluding carboxylic acids is 3. The maximum atomic E-state index is 12.7. The van der Waals surface area contributed by atoms with Crippen LogP contribution in [0.25, 0.3) is 6.08 Å². The molecule has 3 amide bonds. The molecule has 2 aliphatic heterocycles. The predicted molar refractivity (Wildman–Crippen MR) is 100 cm³/mol. The average molecular weight is 378 g/mol. The molecule has 0 spiro atoms. The highest BCUT2D eigenvalue weighted by molar-refractivity contribution is 6.04. The van der Waals surface area contributed by atoms with Gasteiger partial charge in [-0.3, -0.25) is 9.69 Å². The van der Waals surface area contributed by atoms with Crippen LogP contribution in [0.1, 0.15) is 5.56 Å². The third-order valence-corrected chi connectivity index (χ3v) is 4.67. The van der Waals surface area contributed by atoms with E-state index in [0.29, 0.717) is 12.3 Å². The van der Waals surface area contributed by atoms with E-state index in [4.69, 9.17) is 9.47 Å². The molecular formula is C21H18N2O5. The second kappa shape index (κ2) is 7.56. The molecule has 7 heteroatoms. The van der Waals surface area contributed by atoms with Crippen LogP contribution in [0.15, 0.2) is 66.7 Å². The largest absolute Gasteiger partial charge is 0.448 e. The Labute approximate surface area is 161 Å². The number of benzene rings is 2. The smallest absolute Gasteiger partial charge is 0.422 e. The normalized spacial score (nSPS) is 21.6. The van der Waals surface area contributed by atoms with E-state index in [-0.39, 0.29) is 6.61 Å². The minimum absolute atomic E-state index is 0.228. The summed E-state index contributed by atoms with van der Waals surface area (Å²) in [5.41, 5.74) is 0.918. The average Bonchev–Trinajstić information content (AvgIpc) is 3.11. The third-order valence-electron chi connectivity index (χ3n) is 4.67. The topological polar surface area (TPSA) is 76.2 Å². The first kappa shape index (κ1) is 17.8. The van der Waals surface area contributed by atoms with Gasteiger partial charge in [-0.1, -0.05) is 60.7 Å². The zero-order chi connectivity index (χ0) is 19.5. The zero-order valence-corrected chi connectivity index (χ0v) is 14.9. The number of rotatable bonds is 4. The van der Waals surface area contributed by atoms with Crippen LogP contribution in [0.5, 0.6) is 5.75 Å². The maximum Gasteiger partial charge on any atom is 0.422 e. The summed E-state index contributed by atoms with van der Waals surface area (Å²) in [5.74, 6) is -0.141. The summed E-state index contributed by atoms with van der Waals surface area (Å²) in [7, 11) is 0. The molecular weight excluding hydrogens is 360 g/mol. The number of cyclic esters (lactones) is 1. The van der Waals surface area contributed by atoms with Crippen LogP contribution in [0.3, 0.4) is 0 Å². The zero-order valence-electron chi connectivity index (χ0n) is 14.9. The summed E-state index contributed by atoms with van der Waals surface area (Å²) in [6.45, 7) is 0.540.